The molecule has 2 nitrogen and oxygen atoms in total. The number of rotatable bonds is 6. The van der Waals surface area contributed by atoms with Crippen LogP contribution >= 0.6 is 12.2 Å². The molecule has 0 bridgehead atoms. The molecule has 0 saturated heterocycles. The van der Waals surface area contributed by atoms with Gasteiger partial charge in [-0.25, -0.2) is 0 Å². The van der Waals surface area contributed by atoms with Crippen LogP contribution in [0.4, 0.5) is 8.78 Å². The molecule has 1 aliphatic carbocycles. The van der Waals surface area contributed by atoms with Crippen molar-refractivity contribution in [2.75, 3.05) is 13.1 Å². The lowest BCUT2D eigenvalue weighted by atomic mass is 10.1. The summed E-state index contributed by atoms with van der Waals surface area (Å²) in [6.07, 6.45) is 4.09. The smallest absolute Gasteiger partial charge is 0.285 e. The lowest BCUT2D eigenvalue weighted by molar-refractivity contribution is -0.0434. The van der Waals surface area contributed by atoms with Crippen molar-refractivity contribution >= 4 is 17.2 Å². The van der Waals surface area contributed by atoms with Gasteiger partial charge in [0.1, 0.15) is 0 Å². The van der Waals surface area contributed by atoms with Gasteiger partial charge in [-0.3, -0.25) is 4.90 Å². The lowest BCUT2D eigenvalue weighted by Crippen LogP contribution is -2.45. The van der Waals surface area contributed by atoms with Gasteiger partial charge in [-0.15, -0.1) is 0 Å². The minimum atomic E-state index is -2.88. The molecule has 0 aromatic heterocycles. The average molecular weight is 298 g/mol. The first-order valence-corrected chi connectivity index (χ1v) is 7.35. The highest BCUT2D eigenvalue weighted by Gasteiger charge is 2.36. The standard InChI is InChI=1S/C15H20F2N2S/c16-15(17,12-6-2-1-3-7-12)11-19(10-14(18)20)13-8-4-5-9-13/h1-3,6-7,13H,4-5,8-11H2,(H2,18,20). The molecular weight excluding hydrogens is 278 g/mol. The normalized spacial score (nSPS) is 16.8. The Morgan fingerprint density at radius 3 is 2.40 bits per heavy atom. The number of alkyl halides is 2. The summed E-state index contributed by atoms with van der Waals surface area (Å²) in [5.41, 5.74) is 5.61. The van der Waals surface area contributed by atoms with E-state index in [4.69, 9.17) is 18.0 Å². The van der Waals surface area contributed by atoms with Crippen LogP contribution in [0.1, 0.15) is 31.2 Å². The number of hydrogen-bond acceptors (Lipinski definition) is 2. The second kappa shape index (κ2) is 6.59. The number of nitrogens with zero attached hydrogens (tertiary/aromatic N) is 1. The molecule has 0 unspecified atom stereocenters. The molecule has 1 saturated carbocycles. The zero-order valence-corrected chi connectivity index (χ0v) is 12.2. The molecule has 0 atom stereocenters. The van der Waals surface area contributed by atoms with Gasteiger partial charge in [0.15, 0.2) is 0 Å². The fourth-order valence-electron chi connectivity index (χ4n) is 2.81. The van der Waals surface area contributed by atoms with Gasteiger partial charge in [-0.1, -0.05) is 55.4 Å². The third kappa shape index (κ3) is 3.96. The van der Waals surface area contributed by atoms with Crippen LogP contribution in [0.2, 0.25) is 0 Å². The van der Waals surface area contributed by atoms with Crippen molar-refractivity contribution in [2.24, 2.45) is 5.73 Å². The van der Waals surface area contributed by atoms with Gasteiger partial charge in [-0.05, 0) is 12.8 Å². The van der Waals surface area contributed by atoms with Gasteiger partial charge >= 0.3 is 0 Å². The Hall–Kier alpha value is -1.07. The molecule has 1 aromatic carbocycles. The number of hydrogen-bond donors (Lipinski definition) is 1. The summed E-state index contributed by atoms with van der Waals surface area (Å²) in [7, 11) is 0. The van der Waals surface area contributed by atoms with Crippen molar-refractivity contribution in [3.63, 3.8) is 0 Å². The van der Waals surface area contributed by atoms with E-state index in [1.165, 1.54) is 12.1 Å². The third-order valence-corrected chi connectivity index (χ3v) is 3.93. The van der Waals surface area contributed by atoms with E-state index in [2.05, 4.69) is 0 Å². The first-order chi connectivity index (χ1) is 9.49. The quantitative estimate of drug-likeness (QED) is 0.817. The Balaban J connectivity index is 2.11. The molecule has 5 heteroatoms. The minimum absolute atomic E-state index is 0.0472. The second-order valence-electron chi connectivity index (χ2n) is 5.38. The van der Waals surface area contributed by atoms with E-state index in [0.29, 0.717) is 0 Å². The van der Waals surface area contributed by atoms with E-state index in [-0.39, 0.29) is 29.7 Å². The second-order valence-corrected chi connectivity index (χ2v) is 5.90. The SMILES string of the molecule is NC(=S)CN(CC(F)(F)c1ccccc1)C1CCCC1. The van der Waals surface area contributed by atoms with Gasteiger partial charge < -0.3 is 5.73 Å². The molecule has 0 spiro atoms. The Morgan fingerprint density at radius 2 is 1.85 bits per heavy atom. The monoisotopic (exact) mass is 298 g/mol. The highest BCUT2D eigenvalue weighted by atomic mass is 32.1. The summed E-state index contributed by atoms with van der Waals surface area (Å²) >= 11 is 4.90. The van der Waals surface area contributed by atoms with Crippen LogP contribution in [-0.2, 0) is 5.92 Å². The predicted molar refractivity (Wildman–Crippen MR) is 81.0 cm³/mol. The first-order valence-electron chi connectivity index (χ1n) is 6.95. The van der Waals surface area contributed by atoms with Crippen LogP contribution < -0.4 is 5.73 Å². The van der Waals surface area contributed by atoms with Crippen molar-refractivity contribution in [1.29, 1.82) is 0 Å². The average Bonchev–Trinajstić information content (AvgIpc) is 2.92. The molecule has 0 amide bonds. The molecule has 1 aliphatic rings. The van der Waals surface area contributed by atoms with E-state index >= 15 is 0 Å². The van der Waals surface area contributed by atoms with Crippen LogP contribution in [0.5, 0.6) is 0 Å². The van der Waals surface area contributed by atoms with Gasteiger partial charge in [0.2, 0.25) is 0 Å². The maximum absolute atomic E-state index is 14.4. The Bertz CT molecular complexity index is 444. The number of nitrogens with two attached hydrogens (primary N) is 1. The Kier molecular flexibility index (Phi) is 5.05. The summed E-state index contributed by atoms with van der Waals surface area (Å²) in [4.78, 5) is 2.03. The van der Waals surface area contributed by atoms with E-state index in [1.54, 1.807) is 23.1 Å². The fraction of sp³-hybridized carbons (Fsp3) is 0.533. The molecule has 20 heavy (non-hydrogen) atoms. The summed E-state index contributed by atoms with van der Waals surface area (Å²) < 4.78 is 28.8. The summed E-state index contributed by atoms with van der Waals surface area (Å²) in [5, 5.41) is 0. The van der Waals surface area contributed by atoms with Crippen LogP contribution in [0.25, 0.3) is 0 Å². The molecule has 0 radical (unpaired) electrons. The van der Waals surface area contributed by atoms with E-state index in [1.807, 2.05) is 0 Å². The number of thiocarbonyl (C=S) groups is 1. The molecule has 2 rings (SSSR count). The molecule has 1 aromatic rings. The van der Waals surface area contributed by atoms with Gasteiger partial charge in [-0.2, -0.15) is 8.78 Å². The van der Waals surface area contributed by atoms with Crippen LogP contribution in [0.3, 0.4) is 0 Å². The summed E-state index contributed by atoms with van der Waals surface area (Å²) in [5.74, 6) is -2.88. The highest BCUT2D eigenvalue weighted by molar-refractivity contribution is 7.80. The van der Waals surface area contributed by atoms with E-state index < -0.39 is 5.92 Å². The van der Waals surface area contributed by atoms with E-state index in [0.717, 1.165) is 25.7 Å². The fourth-order valence-corrected chi connectivity index (χ4v) is 2.98. The summed E-state index contributed by atoms with van der Waals surface area (Å²) in [6.45, 7) is -0.0541. The number of halogens is 2. The molecule has 2 N–H and O–H groups in total. The van der Waals surface area contributed by atoms with Crippen LogP contribution in [0, 0.1) is 0 Å². The van der Waals surface area contributed by atoms with Crippen molar-refractivity contribution in [3.8, 4) is 0 Å². The number of benzene rings is 1. The first kappa shape index (κ1) is 15.3. The largest absolute Gasteiger partial charge is 0.392 e. The predicted octanol–water partition coefficient (Wildman–Crippen LogP) is 3.31. The molecule has 0 aliphatic heterocycles. The maximum Gasteiger partial charge on any atom is 0.285 e. The lowest BCUT2D eigenvalue weighted by Gasteiger charge is -2.32. The highest BCUT2D eigenvalue weighted by Crippen LogP contribution is 2.32. The maximum atomic E-state index is 14.4. The van der Waals surface area contributed by atoms with Gasteiger partial charge in [0.25, 0.3) is 5.92 Å². The van der Waals surface area contributed by atoms with Gasteiger partial charge in [0.05, 0.1) is 11.5 Å². The van der Waals surface area contributed by atoms with Crippen LogP contribution in [-0.4, -0.2) is 29.0 Å². The molecular formula is C15H20F2N2S. The van der Waals surface area contributed by atoms with E-state index in [9.17, 15) is 8.78 Å². The summed E-state index contributed by atoms with van der Waals surface area (Å²) in [6, 6.07) is 8.11. The molecule has 1 fully saturated rings. The van der Waals surface area contributed by atoms with Crippen molar-refractivity contribution < 1.29 is 8.78 Å². The van der Waals surface area contributed by atoms with Gasteiger partial charge in [0, 0.05) is 18.2 Å². The topological polar surface area (TPSA) is 29.3 Å². The molecule has 110 valence electrons. The minimum Gasteiger partial charge on any atom is -0.392 e. The van der Waals surface area contributed by atoms with Crippen molar-refractivity contribution in [1.82, 2.24) is 4.90 Å². The Morgan fingerprint density at radius 1 is 1.25 bits per heavy atom. The van der Waals surface area contributed by atoms with Crippen LogP contribution in [0.15, 0.2) is 30.3 Å². The zero-order chi connectivity index (χ0) is 14.6. The molecule has 0 heterocycles. The van der Waals surface area contributed by atoms with Crippen molar-refractivity contribution in [3.05, 3.63) is 35.9 Å². The zero-order valence-electron chi connectivity index (χ0n) is 11.4. The van der Waals surface area contributed by atoms with Crippen molar-refractivity contribution in [2.45, 2.75) is 37.6 Å². The Labute approximate surface area is 123 Å². The third-order valence-electron chi connectivity index (χ3n) is 3.80.